The zero-order valence-corrected chi connectivity index (χ0v) is 16.5. The number of hydrogen-bond acceptors (Lipinski definition) is 1. The molecule has 0 amide bonds. The Morgan fingerprint density at radius 1 is 1.26 bits per heavy atom. The second-order valence-corrected chi connectivity index (χ2v) is 5.48. The zero-order chi connectivity index (χ0) is 16.8. The van der Waals surface area contributed by atoms with Gasteiger partial charge in [0.2, 0.25) is 0 Å². The van der Waals surface area contributed by atoms with Gasteiger partial charge in [0.1, 0.15) is 0 Å². The van der Waals surface area contributed by atoms with Gasteiger partial charge in [-0.3, -0.25) is 4.99 Å². The second-order valence-electron chi connectivity index (χ2n) is 4.67. The summed E-state index contributed by atoms with van der Waals surface area (Å²) in [5.74, 6) is 0.324. The van der Waals surface area contributed by atoms with Gasteiger partial charge in [0.05, 0.1) is 29.1 Å². The maximum Gasteiger partial charge on any atom is 0.390 e. The van der Waals surface area contributed by atoms with Crippen molar-refractivity contribution < 1.29 is 13.2 Å². The summed E-state index contributed by atoms with van der Waals surface area (Å²) in [4.78, 5) is 3.92. The monoisotopic (exact) mass is 483 g/mol. The molecule has 0 saturated carbocycles. The highest BCUT2D eigenvalue weighted by Crippen LogP contribution is 2.25. The average Bonchev–Trinajstić information content (AvgIpc) is 2.40. The van der Waals surface area contributed by atoms with Crippen LogP contribution in [-0.4, -0.2) is 25.2 Å². The molecule has 132 valence electrons. The highest BCUT2D eigenvalue weighted by atomic mass is 127. The van der Waals surface area contributed by atoms with Crippen molar-refractivity contribution in [3.63, 3.8) is 0 Å². The van der Waals surface area contributed by atoms with Crippen LogP contribution >= 0.6 is 47.2 Å². The van der Waals surface area contributed by atoms with Gasteiger partial charge in [-0.15, -0.1) is 24.0 Å². The number of nitrogens with zero attached hydrogens (tertiary/aromatic N) is 1. The fourth-order valence-electron chi connectivity index (χ4n) is 1.68. The van der Waals surface area contributed by atoms with Gasteiger partial charge in [-0.25, -0.2) is 0 Å². The van der Waals surface area contributed by atoms with E-state index in [-0.39, 0.29) is 36.6 Å². The van der Waals surface area contributed by atoms with E-state index in [0.717, 1.165) is 5.56 Å². The molecular formula is C14H19Cl2F3IN3. The second kappa shape index (κ2) is 10.5. The summed E-state index contributed by atoms with van der Waals surface area (Å²) >= 11 is 11.8. The Balaban J connectivity index is 0.00000484. The lowest BCUT2D eigenvalue weighted by Gasteiger charge is -2.18. The van der Waals surface area contributed by atoms with Crippen LogP contribution in [-0.2, 0) is 0 Å². The van der Waals surface area contributed by atoms with E-state index in [1.54, 1.807) is 18.2 Å². The summed E-state index contributed by atoms with van der Waals surface area (Å²) in [6.07, 6.45) is -5.17. The van der Waals surface area contributed by atoms with Crippen LogP contribution in [0.4, 0.5) is 13.2 Å². The van der Waals surface area contributed by atoms with Gasteiger partial charge in [0, 0.05) is 6.54 Å². The molecule has 0 aliphatic rings. The molecule has 1 unspecified atom stereocenters. The molecule has 1 aromatic rings. The van der Waals surface area contributed by atoms with Crippen molar-refractivity contribution in [1.29, 1.82) is 0 Å². The van der Waals surface area contributed by atoms with Crippen LogP contribution in [0.15, 0.2) is 23.2 Å². The first-order chi connectivity index (χ1) is 10.2. The Hall–Kier alpha value is -0.410. The van der Waals surface area contributed by atoms with E-state index in [2.05, 4.69) is 15.6 Å². The minimum atomic E-state index is -4.21. The van der Waals surface area contributed by atoms with Crippen molar-refractivity contribution in [2.75, 3.05) is 13.1 Å². The number of benzene rings is 1. The molecular weight excluding hydrogens is 465 g/mol. The highest BCUT2D eigenvalue weighted by Gasteiger charge is 2.26. The van der Waals surface area contributed by atoms with Crippen LogP contribution in [0, 0.1) is 0 Å². The topological polar surface area (TPSA) is 36.4 Å². The zero-order valence-electron chi connectivity index (χ0n) is 12.7. The number of hydrogen-bond donors (Lipinski definition) is 2. The predicted molar refractivity (Wildman–Crippen MR) is 100 cm³/mol. The number of rotatable bonds is 5. The molecule has 0 bridgehead atoms. The molecule has 0 radical (unpaired) electrons. The maximum atomic E-state index is 12.2. The van der Waals surface area contributed by atoms with E-state index in [1.807, 2.05) is 13.8 Å². The number of aliphatic imine (C=N–C) groups is 1. The summed E-state index contributed by atoms with van der Waals surface area (Å²) in [6, 6.07) is 5.00. The lowest BCUT2D eigenvalue weighted by atomic mass is 10.1. The van der Waals surface area contributed by atoms with Gasteiger partial charge in [-0.2, -0.15) is 13.2 Å². The summed E-state index contributed by atoms with van der Waals surface area (Å²) in [7, 11) is 0. The molecule has 0 fully saturated rings. The number of nitrogens with one attached hydrogen (secondary N) is 2. The third kappa shape index (κ3) is 8.85. The quantitative estimate of drug-likeness (QED) is 0.344. The van der Waals surface area contributed by atoms with Crippen molar-refractivity contribution in [1.82, 2.24) is 10.6 Å². The van der Waals surface area contributed by atoms with Crippen LogP contribution in [0.1, 0.15) is 31.9 Å². The summed E-state index contributed by atoms with van der Waals surface area (Å²) < 4.78 is 36.5. The van der Waals surface area contributed by atoms with Crippen molar-refractivity contribution in [3.8, 4) is 0 Å². The van der Waals surface area contributed by atoms with E-state index >= 15 is 0 Å². The third-order valence-corrected chi connectivity index (χ3v) is 3.55. The Morgan fingerprint density at radius 3 is 2.43 bits per heavy atom. The Labute approximate surface area is 161 Å². The van der Waals surface area contributed by atoms with Gasteiger partial charge < -0.3 is 10.6 Å². The minimum absolute atomic E-state index is 0. The molecule has 0 spiro atoms. The van der Waals surface area contributed by atoms with Crippen molar-refractivity contribution >= 4 is 53.1 Å². The summed E-state index contributed by atoms with van der Waals surface area (Å²) in [6.45, 7) is 3.92. The van der Waals surface area contributed by atoms with Crippen LogP contribution in [0.2, 0.25) is 10.0 Å². The van der Waals surface area contributed by atoms with E-state index in [0.29, 0.717) is 22.5 Å². The van der Waals surface area contributed by atoms with Crippen LogP contribution < -0.4 is 10.6 Å². The lowest BCUT2D eigenvalue weighted by molar-refractivity contribution is -0.132. The molecule has 9 heteroatoms. The molecule has 1 aromatic carbocycles. The Kier molecular flexibility index (Phi) is 10.3. The summed E-state index contributed by atoms with van der Waals surface area (Å²) in [5.41, 5.74) is 0.857. The van der Waals surface area contributed by atoms with E-state index < -0.39 is 12.6 Å². The fourth-order valence-corrected chi connectivity index (χ4v) is 1.99. The van der Waals surface area contributed by atoms with Gasteiger partial charge in [0.25, 0.3) is 0 Å². The van der Waals surface area contributed by atoms with Crippen molar-refractivity contribution in [2.24, 2.45) is 4.99 Å². The van der Waals surface area contributed by atoms with E-state index in [4.69, 9.17) is 23.2 Å². The first-order valence-corrected chi connectivity index (χ1v) is 7.55. The normalized spacial score (nSPS) is 13.3. The van der Waals surface area contributed by atoms with Crippen LogP contribution in [0.3, 0.4) is 0 Å². The third-order valence-electron chi connectivity index (χ3n) is 2.81. The average molecular weight is 484 g/mol. The Bertz CT molecular complexity index is 524. The van der Waals surface area contributed by atoms with Crippen LogP contribution in [0.25, 0.3) is 0 Å². The molecule has 0 heterocycles. The molecule has 23 heavy (non-hydrogen) atoms. The van der Waals surface area contributed by atoms with E-state index in [1.165, 1.54) is 0 Å². The lowest BCUT2D eigenvalue weighted by Crippen LogP contribution is -2.39. The molecule has 0 aliphatic heterocycles. The largest absolute Gasteiger partial charge is 0.390 e. The SMILES string of the molecule is CCNC(=NCCC(F)(F)F)NC(C)c1ccc(Cl)c(Cl)c1.I. The van der Waals surface area contributed by atoms with Gasteiger partial charge in [-0.1, -0.05) is 29.3 Å². The Morgan fingerprint density at radius 2 is 1.91 bits per heavy atom. The molecule has 0 aliphatic carbocycles. The molecule has 0 saturated heterocycles. The highest BCUT2D eigenvalue weighted by molar-refractivity contribution is 14.0. The molecule has 2 N–H and O–H groups in total. The van der Waals surface area contributed by atoms with Gasteiger partial charge >= 0.3 is 6.18 Å². The smallest absolute Gasteiger partial charge is 0.357 e. The van der Waals surface area contributed by atoms with Gasteiger partial charge in [0.15, 0.2) is 5.96 Å². The number of alkyl halides is 3. The maximum absolute atomic E-state index is 12.2. The molecule has 0 aromatic heterocycles. The fraction of sp³-hybridized carbons (Fsp3) is 0.500. The number of guanidine groups is 1. The standard InChI is InChI=1S/C14H18Cl2F3N3.HI/c1-3-20-13(21-7-6-14(17,18)19)22-9(2)10-4-5-11(15)12(16)8-10;/h4-5,8-9H,3,6-7H2,1-2H3,(H2,20,21,22);1H. The molecule has 3 nitrogen and oxygen atoms in total. The van der Waals surface area contributed by atoms with Crippen molar-refractivity contribution in [3.05, 3.63) is 33.8 Å². The minimum Gasteiger partial charge on any atom is -0.357 e. The first-order valence-electron chi connectivity index (χ1n) is 6.79. The molecule has 1 rings (SSSR count). The van der Waals surface area contributed by atoms with E-state index in [9.17, 15) is 13.2 Å². The summed E-state index contributed by atoms with van der Waals surface area (Å²) in [5, 5.41) is 6.82. The molecule has 1 atom stereocenters. The van der Waals surface area contributed by atoms with Crippen LogP contribution in [0.5, 0.6) is 0 Å². The number of halogens is 6. The predicted octanol–water partition coefficient (Wildman–Crippen LogP) is 5.18. The van der Waals surface area contributed by atoms with Gasteiger partial charge in [-0.05, 0) is 31.5 Å². The first kappa shape index (κ1) is 22.6. The van der Waals surface area contributed by atoms with Crippen molar-refractivity contribution in [2.45, 2.75) is 32.5 Å².